The SMILES string of the molecule is [C-]#[N+]Cc1cc(OC)c(F)cc1[N+](=O)[O-]. The van der Waals surface area contributed by atoms with E-state index in [0.29, 0.717) is 0 Å². The second-order valence-electron chi connectivity index (χ2n) is 2.69. The number of halogens is 1. The first-order valence-corrected chi connectivity index (χ1v) is 3.94. The van der Waals surface area contributed by atoms with Gasteiger partial charge in [-0.2, -0.15) is 0 Å². The predicted molar refractivity (Wildman–Crippen MR) is 49.9 cm³/mol. The Labute approximate surface area is 85.1 Å². The van der Waals surface area contributed by atoms with Gasteiger partial charge in [-0.25, -0.2) is 11.0 Å². The molecule has 0 radical (unpaired) electrons. The lowest BCUT2D eigenvalue weighted by Crippen LogP contribution is -1.98. The molecule has 0 atom stereocenters. The smallest absolute Gasteiger partial charge is 0.283 e. The Bertz CT molecular complexity index is 440. The fraction of sp³-hybridized carbons (Fsp3) is 0.222. The highest BCUT2D eigenvalue weighted by atomic mass is 19.1. The minimum absolute atomic E-state index is 0.0979. The van der Waals surface area contributed by atoms with E-state index in [4.69, 9.17) is 6.57 Å². The molecule has 15 heavy (non-hydrogen) atoms. The number of nitrogens with zero attached hydrogens (tertiary/aromatic N) is 2. The average molecular weight is 210 g/mol. The number of hydrogen-bond donors (Lipinski definition) is 0. The van der Waals surface area contributed by atoms with Crippen molar-refractivity contribution in [3.8, 4) is 5.75 Å². The lowest BCUT2D eigenvalue weighted by atomic mass is 10.1. The third-order valence-electron chi connectivity index (χ3n) is 1.80. The van der Waals surface area contributed by atoms with Crippen LogP contribution < -0.4 is 4.74 Å². The van der Waals surface area contributed by atoms with Crippen molar-refractivity contribution >= 4 is 5.69 Å². The molecule has 0 fully saturated rings. The van der Waals surface area contributed by atoms with Crippen molar-refractivity contribution in [3.05, 3.63) is 45.0 Å². The van der Waals surface area contributed by atoms with E-state index < -0.39 is 16.4 Å². The van der Waals surface area contributed by atoms with E-state index in [-0.39, 0.29) is 17.9 Å². The van der Waals surface area contributed by atoms with E-state index in [1.807, 2.05) is 0 Å². The highest BCUT2D eigenvalue weighted by molar-refractivity contribution is 5.46. The van der Waals surface area contributed by atoms with Crippen molar-refractivity contribution in [1.29, 1.82) is 0 Å². The van der Waals surface area contributed by atoms with Gasteiger partial charge in [0.25, 0.3) is 5.69 Å². The van der Waals surface area contributed by atoms with Gasteiger partial charge in [-0.05, 0) is 0 Å². The second-order valence-corrected chi connectivity index (χ2v) is 2.69. The number of ether oxygens (including phenoxy) is 1. The molecule has 0 aromatic heterocycles. The fourth-order valence-electron chi connectivity index (χ4n) is 1.12. The van der Waals surface area contributed by atoms with Crippen LogP contribution in [0.2, 0.25) is 0 Å². The Kier molecular flexibility index (Phi) is 3.18. The number of hydrogen-bond acceptors (Lipinski definition) is 3. The Balaban J connectivity index is 3.33. The molecule has 0 unspecified atom stereocenters. The number of methoxy groups -OCH3 is 1. The maximum absolute atomic E-state index is 13.1. The van der Waals surface area contributed by atoms with Gasteiger partial charge < -0.3 is 9.58 Å². The molecule has 0 aliphatic carbocycles. The van der Waals surface area contributed by atoms with E-state index in [2.05, 4.69) is 9.58 Å². The minimum atomic E-state index is -0.807. The van der Waals surface area contributed by atoms with Crippen molar-refractivity contribution in [2.75, 3.05) is 7.11 Å². The van der Waals surface area contributed by atoms with Gasteiger partial charge in [-0.15, -0.1) is 0 Å². The van der Waals surface area contributed by atoms with Crippen LogP contribution in [-0.2, 0) is 6.54 Å². The van der Waals surface area contributed by atoms with Crippen LogP contribution in [0.1, 0.15) is 5.56 Å². The van der Waals surface area contributed by atoms with Gasteiger partial charge in [0.1, 0.15) is 5.56 Å². The zero-order valence-electron chi connectivity index (χ0n) is 7.86. The fourth-order valence-corrected chi connectivity index (χ4v) is 1.12. The summed E-state index contributed by atoms with van der Waals surface area (Å²) in [6, 6.07) is 1.94. The molecule has 6 heteroatoms. The molecular formula is C9H7FN2O3. The van der Waals surface area contributed by atoms with E-state index in [0.717, 1.165) is 6.07 Å². The summed E-state index contributed by atoms with van der Waals surface area (Å²) in [6.45, 7) is 6.45. The molecule has 0 bridgehead atoms. The van der Waals surface area contributed by atoms with Gasteiger partial charge in [0, 0.05) is 6.07 Å². The van der Waals surface area contributed by atoms with Crippen molar-refractivity contribution < 1.29 is 14.1 Å². The Morgan fingerprint density at radius 2 is 2.33 bits per heavy atom. The van der Waals surface area contributed by atoms with Crippen molar-refractivity contribution in [3.63, 3.8) is 0 Å². The second kappa shape index (κ2) is 4.37. The van der Waals surface area contributed by atoms with Gasteiger partial charge in [0.15, 0.2) is 11.6 Å². The Morgan fingerprint density at radius 3 is 2.80 bits per heavy atom. The zero-order valence-corrected chi connectivity index (χ0v) is 7.86. The molecule has 0 aliphatic heterocycles. The van der Waals surface area contributed by atoms with E-state index in [1.165, 1.54) is 13.2 Å². The Hall–Kier alpha value is -2.16. The lowest BCUT2D eigenvalue weighted by Gasteiger charge is -2.03. The summed E-state index contributed by atoms with van der Waals surface area (Å²) in [7, 11) is 1.26. The van der Waals surface area contributed by atoms with Gasteiger partial charge in [-0.1, -0.05) is 0 Å². The molecule has 0 N–H and O–H groups in total. The van der Waals surface area contributed by atoms with Crippen LogP contribution in [-0.4, -0.2) is 12.0 Å². The number of nitro benzene ring substituents is 1. The van der Waals surface area contributed by atoms with E-state index >= 15 is 0 Å². The molecule has 1 aromatic carbocycles. The minimum Gasteiger partial charge on any atom is -0.494 e. The molecule has 0 amide bonds. The lowest BCUT2D eigenvalue weighted by molar-refractivity contribution is -0.385. The molecule has 0 spiro atoms. The molecule has 1 rings (SSSR count). The third kappa shape index (κ3) is 2.20. The van der Waals surface area contributed by atoms with Gasteiger partial charge in [0.05, 0.1) is 18.1 Å². The molecule has 1 aromatic rings. The summed E-state index contributed by atoms with van der Waals surface area (Å²) in [5.74, 6) is -0.905. The summed E-state index contributed by atoms with van der Waals surface area (Å²) < 4.78 is 17.8. The molecular weight excluding hydrogens is 203 g/mol. The molecule has 0 aliphatic rings. The zero-order chi connectivity index (χ0) is 11.4. The molecule has 78 valence electrons. The summed E-state index contributed by atoms with van der Waals surface area (Å²) >= 11 is 0. The van der Waals surface area contributed by atoms with Gasteiger partial charge in [-0.3, -0.25) is 10.1 Å². The number of nitro groups is 1. The van der Waals surface area contributed by atoms with Gasteiger partial charge in [0.2, 0.25) is 6.54 Å². The predicted octanol–water partition coefficient (Wildman–Crippen LogP) is 2.16. The monoisotopic (exact) mass is 210 g/mol. The highest BCUT2D eigenvalue weighted by Gasteiger charge is 2.20. The number of benzene rings is 1. The maximum atomic E-state index is 13.1. The number of rotatable bonds is 3. The largest absolute Gasteiger partial charge is 0.494 e. The van der Waals surface area contributed by atoms with Crippen LogP contribution in [0, 0.1) is 22.5 Å². The van der Waals surface area contributed by atoms with Crippen LogP contribution >= 0.6 is 0 Å². The molecule has 0 heterocycles. The van der Waals surface area contributed by atoms with Crippen LogP contribution in [0.4, 0.5) is 10.1 Å². The van der Waals surface area contributed by atoms with Crippen LogP contribution in [0.5, 0.6) is 5.75 Å². The summed E-state index contributed by atoms with van der Waals surface area (Å²) in [5, 5.41) is 10.5. The average Bonchev–Trinajstić information content (AvgIpc) is 2.20. The molecule has 0 saturated heterocycles. The first-order chi connectivity index (χ1) is 7.10. The van der Waals surface area contributed by atoms with E-state index in [1.54, 1.807) is 0 Å². The highest BCUT2D eigenvalue weighted by Crippen LogP contribution is 2.27. The summed E-state index contributed by atoms with van der Waals surface area (Å²) in [4.78, 5) is 12.8. The quantitative estimate of drug-likeness (QED) is 0.436. The Morgan fingerprint density at radius 1 is 1.67 bits per heavy atom. The normalized spacial score (nSPS) is 9.40. The molecule has 0 saturated carbocycles. The summed E-state index contributed by atoms with van der Waals surface area (Å²) in [5.41, 5.74) is -0.252. The van der Waals surface area contributed by atoms with Crippen LogP contribution in [0.25, 0.3) is 4.85 Å². The standard InChI is InChI=1S/C9H7FN2O3/c1-11-5-6-3-9(15-2)7(10)4-8(6)12(13)14/h3-4H,5H2,2H3. The first kappa shape index (κ1) is 10.9. The first-order valence-electron chi connectivity index (χ1n) is 3.94. The van der Waals surface area contributed by atoms with Crippen LogP contribution in [0.15, 0.2) is 12.1 Å². The van der Waals surface area contributed by atoms with Crippen molar-refractivity contribution in [2.45, 2.75) is 6.54 Å². The third-order valence-corrected chi connectivity index (χ3v) is 1.80. The van der Waals surface area contributed by atoms with Crippen molar-refractivity contribution in [2.24, 2.45) is 0 Å². The summed E-state index contributed by atoms with van der Waals surface area (Å²) in [6.07, 6.45) is 0. The van der Waals surface area contributed by atoms with Gasteiger partial charge >= 0.3 is 0 Å². The maximum Gasteiger partial charge on any atom is 0.283 e. The molecule has 5 nitrogen and oxygen atoms in total. The topological polar surface area (TPSA) is 56.7 Å². The van der Waals surface area contributed by atoms with Crippen molar-refractivity contribution in [1.82, 2.24) is 0 Å². The van der Waals surface area contributed by atoms with E-state index in [9.17, 15) is 14.5 Å². The van der Waals surface area contributed by atoms with Crippen LogP contribution in [0.3, 0.4) is 0 Å².